The Kier molecular flexibility index (Phi) is 59.8. The first-order valence-electron chi connectivity index (χ1n) is 36.9. The number of nitrogens with one attached hydrogen (secondary N) is 1. The van der Waals surface area contributed by atoms with Crippen molar-refractivity contribution in [1.29, 1.82) is 0 Å². The molecule has 1 saturated heterocycles. The summed E-state index contributed by atoms with van der Waals surface area (Å²) in [4.78, 5) is 13.3. The third-order valence-corrected chi connectivity index (χ3v) is 17.9. The highest BCUT2D eigenvalue weighted by atomic mass is 16.7. The summed E-state index contributed by atoms with van der Waals surface area (Å²) in [6, 6.07) is -1.19. The van der Waals surface area contributed by atoms with Crippen LogP contribution in [0.2, 0.25) is 0 Å². The number of hydrogen-bond acceptors (Lipinski definition) is 10. The fourth-order valence-electron chi connectivity index (χ4n) is 12.0. The zero-order valence-corrected chi connectivity index (χ0v) is 55.6. The molecule has 11 heteroatoms. The normalized spacial score (nSPS) is 19.0. The Morgan fingerprint density at radius 2 is 0.706 bits per heavy atom. The molecule has 0 radical (unpaired) electrons. The van der Waals surface area contributed by atoms with Gasteiger partial charge < -0.3 is 50.5 Å². The first kappa shape index (κ1) is 81.3. The number of allylic oxidation sites excluding steroid dienone is 6. The van der Waals surface area contributed by atoms with Gasteiger partial charge in [-0.25, -0.2) is 0 Å². The van der Waals surface area contributed by atoms with Crippen LogP contribution in [0.5, 0.6) is 0 Å². The van der Waals surface area contributed by atoms with Crippen molar-refractivity contribution >= 4 is 5.91 Å². The van der Waals surface area contributed by atoms with Crippen LogP contribution in [0.3, 0.4) is 0 Å². The molecule has 0 aliphatic carbocycles. The van der Waals surface area contributed by atoms with E-state index in [0.717, 1.165) is 38.5 Å². The fraction of sp³-hybridized carbons (Fsp3) is 0.905. The Morgan fingerprint density at radius 3 is 1.05 bits per heavy atom. The Morgan fingerprint density at radius 1 is 0.400 bits per heavy atom. The molecule has 9 atom stereocenters. The Labute approximate surface area is 524 Å². The van der Waals surface area contributed by atoms with E-state index in [0.29, 0.717) is 19.3 Å². The first-order valence-corrected chi connectivity index (χ1v) is 36.9. The lowest BCUT2D eigenvalue weighted by atomic mass is 9.98. The van der Waals surface area contributed by atoms with Crippen LogP contribution in [0.4, 0.5) is 0 Å². The molecule has 9 unspecified atom stereocenters. The van der Waals surface area contributed by atoms with E-state index < -0.39 is 74.2 Å². The van der Waals surface area contributed by atoms with Gasteiger partial charge in [-0.3, -0.25) is 4.79 Å². The van der Waals surface area contributed by atoms with Crippen LogP contribution in [0.15, 0.2) is 36.5 Å². The van der Waals surface area contributed by atoms with E-state index >= 15 is 0 Å². The molecule has 1 fully saturated rings. The van der Waals surface area contributed by atoms with Gasteiger partial charge in [-0.2, -0.15) is 0 Å². The lowest BCUT2D eigenvalue weighted by Gasteiger charge is -2.40. The van der Waals surface area contributed by atoms with E-state index in [1.807, 2.05) is 0 Å². The lowest BCUT2D eigenvalue weighted by molar-refractivity contribution is -0.303. The molecule has 11 nitrogen and oxygen atoms in total. The highest BCUT2D eigenvalue weighted by Crippen LogP contribution is 2.24. The van der Waals surface area contributed by atoms with Crippen LogP contribution in [0.1, 0.15) is 361 Å². The highest BCUT2D eigenvalue weighted by molar-refractivity contribution is 5.80. The summed E-state index contributed by atoms with van der Waals surface area (Å²) in [5, 5.41) is 76.5. The summed E-state index contributed by atoms with van der Waals surface area (Å²) in [6.45, 7) is 3.50. The van der Waals surface area contributed by atoms with Gasteiger partial charge in [0.2, 0.25) is 5.91 Å². The van der Waals surface area contributed by atoms with E-state index in [1.54, 1.807) is 0 Å². The minimum atomic E-state index is -1.67. The first-order chi connectivity index (χ1) is 41.7. The molecular weight excluding hydrogens is 1060 g/mol. The largest absolute Gasteiger partial charge is 0.394 e. The number of carbonyl (C=O) groups is 1. The van der Waals surface area contributed by atoms with Crippen molar-refractivity contribution in [3.05, 3.63) is 36.5 Å². The third-order valence-electron chi connectivity index (χ3n) is 17.9. The van der Waals surface area contributed by atoms with Crippen molar-refractivity contribution in [2.75, 3.05) is 13.2 Å². The van der Waals surface area contributed by atoms with Gasteiger partial charge >= 0.3 is 0 Å². The zero-order chi connectivity index (χ0) is 61.7. The van der Waals surface area contributed by atoms with Gasteiger partial charge in [0, 0.05) is 0 Å². The van der Waals surface area contributed by atoms with Crippen LogP contribution in [-0.4, -0.2) is 110 Å². The smallest absolute Gasteiger partial charge is 0.249 e. The highest BCUT2D eigenvalue weighted by Gasteiger charge is 2.44. The molecule has 0 bridgehead atoms. The molecule has 1 heterocycles. The average Bonchev–Trinajstić information content (AvgIpc) is 3.51. The maximum absolute atomic E-state index is 13.3. The minimum Gasteiger partial charge on any atom is -0.394 e. The monoisotopic (exact) mass is 1200 g/mol. The maximum atomic E-state index is 13.3. The maximum Gasteiger partial charge on any atom is 0.249 e. The number of carbonyl (C=O) groups excluding carboxylic acids is 1. The number of hydrogen-bond donors (Lipinski definition) is 8. The van der Waals surface area contributed by atoms with Crippen LogP contribution in [-0.2, 0) is 14.3 Å². The van der Waals surface area contributed by atoms with Gasteiger partial charge in [-0.1, -0.05) is 320 Å². The quantitative estimate of drug-likeness (QED) is 0.0215. The summed E-state index contributed by atoms with van der Waals surface area (Å²) in [7, 11) is 0. The second-order valence-electron chi connectivity index (χ2n) is 26.0. The van der Waals surface area contributed by atoms with Gasteiger partial charge in [-0.15, -0.1) is 0 Å². The van der Waals surface area contributed by atoms with Gasteiger partial charge in [-0.05, 0) is 77.0 Å². The molecule has 0 aromatic carbocycles. The van der Waals surface area contributed by atoms with Crippen molar-refractivity contribution in [3.8, 4) is 0 Å². The second kappa shape index (κ2) is 62.5. The van der Waals surface area contributed by atoms with E-state index in [-0.39, 0.29) is 12.8 Å². The molecule has 0 aromatic rings. The molecule has 85 heavy (non-hydrogen) atoms. The van der Waals surface area contributed by atoms with Gasteiger partial charge in [0.1, 0.15) is 36.6 Å². The summed E-state index contributed by atoms with van der Waals surface area (Å²) in [5.74, 6) is -0.706. The molecule has 502 valence electrons. The van der Waals surface area contributed by atoms with Crippen LogP contribution in [0.25, 0.3) is 0 Å². The summed E-state index contributed by atoms with van der Waals surface area (Å²) in [5.41, 5.74) is 0. The summed E-state index contributed by atoms with van der Waals surface area (Å²) >= 11 is 0. The van der Waals surface area contributed by atoms with Crippen molar-refractivity contribution in [2.45, 2.75) is 416 Å². The van der Waals surface area contributed by atoms with Crippen LogP contribution < -0.4 is 5.32 Å². The molecule has 0 saturated carbocycles. The fourth-order valence-corrected chi connectivity index (χ4v) is 12.0. The van der Waals surface area contributed by atoms with Crippen molar-refractivity contribution in [1.82, 2.24) is 5.32 Å². The van der Waals surface area contributed by atoms with Crippen LogP contribution in [0, 0.1) is 0 Å². The van der Waals surface area contributed by atoms with Crippen molar-refractivity contribution in [2.24, 2.45) is 0 Å². The van der Waals surface area contributed by atoms with Gasteiger partial charge in [0.25, 0.3) is 0 Å². The molecular formula is C74H141NO10. The van der Waals surface area contributed by atoms with E-state index in [2.05, 4.69) is 55.6 Å². The Balaban J connectivity index is 2.21. The van der Waals surface area contributed by atoms with Gasteiger partial charge in [0.15, 0.2) is 6.29 Å². The molecule has 1 rings (SSSR count). The topological polar surface area (TPSA) is 189 Å². The second-order valence-corrected chi connectivity index (χ2v) is 26.0. The number of ether oxygens (including phenoxy) is 2. The Hall–Kier alpha value is -1.67. The van der Waals surface area contributed by atoms with E-state index in [9.17, 15) is 40.5 Å². The van der Waals surface area contributed by atoms with E-state index in [1.165, 1.54) is 276 Å². The minimum absolute atomic E-state index is 0.247. The number of aliphatic hydroxyl groups excluding tert-OH is 7. The standard InChI is InChI=1S/C74H141NO10/c1-3-5-7-9-11-13-15-17-19-21-23-25-27-29-31-32-33-34-36-37-39-41-43-45-47-49-51-53-55-57-59-61-66(77)69(79)65(64-84-74-72(82)71(81)70(80)68(63-76)85-74)75-73(83)67(78)62-60-58-56-54-52-50-48-46-44-42-40-38-35-30-28-26-24-22-20-18-16-14-12-10-8-6-4-2/h30,35,45,47,53,55,65-72,74,76-82H,3-29,31-34,36-44,46,48-52,54,56-64H2,1-2H3,(H,75,83)/b35-30-,47-45+,55-53+. The van der Waals surface area contributed by atoms with E-state index in [4.69, 9.17) is 9.47 Å². The molecule has 0 spiro atoms. The molecule has 8 N–H and O–H groups in total. The molecule has 1 aliphatic heterocycles. The predicted octanol–water partition coefficient (Wildman–Crippen LogP) is 18.1. The number of unbranched alkanes of at least 4 members (excludes halogenated alkanes) is 47. The average molecular weight is 1200 g/mol. The van der Waals surface area contributed by atoms with Crippen LogP contribution >= 0.6 is 0 Å². The zero-order valence-electron chi connectivity index (χ0n) is 55.6. The van der Waals surface area contributed by atoms with Crippen molar-refractivity contribution < 1.29 is 50.0 Å². The SMILES string of the molecule is CCCCCCCCCCCCCC/C=C\CCCCCCCCCCCCCC(O)C(=O)NC(COC1OC(CO)C(O)C(O)C1O)C(O)C(O)CCC/C=C/CC/C=C/CCCCCCCCCCCCCCCCCCCCCCCC. The van der Waals surface area contributed by atoms with Gasteiger partial charge in [0.05, 0.1) is 25.4 Å². The third kappa shape index (κ3) is 49.8. The number of amides is 1. The lowest BCUT2D eigenvalue weighted by Crippen LogP contribution is -2.60. The number of aliphatic hydroxyl groups is 7. The van der Waals surface area contributed by atoms with Crippen molar-refractivity contribution in [3.63, 3.8) is 0 Å². The predicted molar refractivity (Wildman–Crippen MR) is 358 cm³/mol. The molecule has 1 aliphatic rings. The molecule has 0 aromatic heterocycles. The Bertz CT molecular complexity index is 1480. The summed E-state index contributed by atoms with van der Waals surface area (Å²) < 4.78 is 11.2. The number of rotatable bonds is 65. The summed E-state index contributed by atoms with van der Waals surface area (Å²) in [6.07, 6.45) is 69.6. The molecule has 1 amide bonds.